The van der Waals surface area contributed by atoms with E-state index in [-0.39, 0.29) is 36.3 Å². The maximum Gasteiger partial charge on any atom is 0.240 e. The summed E-state index contributed by atoms with van der Waals surface area (Å²) in [5.74, 6) is 0.771. The number of nitrogens with two attached hydrogens (primary N) is 1. The van der Waals surface area contributed by atoms with E-state index in [9.17, 15) is 4.79 Å². The van der Waals surface area contributed by atoms with Crippen molar-refractivity contribution in [3.8, 4) is 0 Å². The molecule has 0 aromatic heterocycles. The van der Waals surface area contributed by atoms with Crippen LogP contribution in [0.15, 0.2) is 0 Å². The van der Waals surface area contributed by atoms with Gasteiger partial charge in [0.2, 0.25) is 5.91 Å². The first-order valence-corrected chi connectivity index (χ1v) is 8.77. The Morgan fingerprint density at radius 1 is 1.33 bits per heavy atom. The van der Waals surface area contributed by atoms with Crippen LogP contribution in [0.5, 0.6) is 0 Å². The third kappa shape index (κ3) is 6.03. The summed E-state index contributed by atoms with van der Waals surface area (Å²) >= 11 is 0. The molecule has 0 radical (unpaired) electrons. The lowest BCUT2D eigenvalue weighted by Gasteiger charge is -2.44. The predicted octanol–water partition coefficient (Wildman–Crippen LogP) is 2.35. The second-order valence-electron chi connectivity index (χ2n) is 7.63. The van der Waals surface area contributed by atoms with Crippen LogP contribution in [-0.2, 0) is 9.53 Å². The van der Waals surface area contributed by atoms with Gasteiger partial charge in [0.1, 0.15) is 0 Å². The minimum absolute atomic E-state index is 0. The van der Waals surface area contributed by atoms with E-state index in [1.807, 2.05) is 0 Å². The van der Waals surface area contributed by atoms with Crippen molar-refractivity contribution in [2.75, 3.05) is 32.8 Å². The van der Waals surface area contributed by atoms with Gasteiger partial charge in [0.25, 0.3) is 0 Å². The van der Waals surface area contributed by atoms with Crippen LogP contribution in [0.1, 0.15) is 52.9 Å². The summed E-state index contributed by atoms with van der Waals surface area (Å²) in [5.41, 5.74) is 5.48. The van der Waals surface area contributed by atoms with Gasteiger partial charge in [-0.15, -0.1) is 24.8 Å². The summed E-state index contributed by atoms with van der Waals surface area (Å²) in [6, 6.07) is 0. The number of halogens is 2. The molecule has 0 aliphatic carbocycles. The number of nitrogens with zero attached hydrogens (tertiary/aromatic N) is 1. The predicted molar refractivity (Wildman–Crippen MR) is 103 cm³/mol. The minimum Gasteiger partial charge on any atom is -0.381 e. The van der Waals surface area contributed by atoms with Crippen LogP contribution in [0.2, 0.25) is 0 Å². The molecule has 0 bridgehead atoms. The maximum absolute atomic E-state index is 12.5. The molecule has 0 aromatic rings. The molecule has 0 aromatic carbocycles. The molecule has 2 fully saturated rings. The van der Waals surface area contributed by atoms with Crippen molar-refractivity contribution < 1.29 is 9.53 Å². The molecule has 7 heteroatoms. The summed E-state index contributed by atoms with van der Waals surface area (Å²) in [6.45, 7) is 10.8. The number of hydrogen-bond donors (Lipinski definition) is 2. The van der Waals surface area contributed by atoms with Gasteiger partial charge < -0.3 is 15.8 Å². The van der Waals surface area contributed by atoms with Crippen molar-refractivity contribution in [1.82, 2.24) is 10.2 Å². The number of hydrogen-bond acceptors (Lipinski definition) is 4. The van der Waals surface area contributed by atoms with E-state index in [0.29, 0.717) is 32.6 Å². The number of likely N-dealkylation sites (tertiary alicyclic amines) is 1. The van der Waals surface area contributed by atoms with Crippen LogP contribution >= 0.6 is 24.8 Å². The fraction of sp³-hybridized carbons (Fsp3) is 0.941. The highest BCUT2D eigenvalue weighted by Gasteiger charge is 2.37. The maximum atomic E-state index is 12.5. The molecule has 2 heterocycles. The average Bonchev–Trinajstić information content (AvgIpc) is 2.53. The van der Waals surface area contributed by atoms with Crippen LogP contribution in [0.4, 0.5) is 0 Å². The van der Waals surface area contributed by atoms with Gasteiger partial charge in [0, 0.05) is 31.8 Å². The van der Waals surface area contributed by atoms with Crippen LogP contribution < -0.4 is 11.1 Å². The largest absolute Gasteiger partial charge is 0.381 e. The molecule has 0 saturated carbocycles. The first-order chi connectivity index (χ1) is 10.4. The molecule has 2 saturated heterocycles. The number of carbonyl (C=O) groups excluding carboxylic acids is 1. The molecule has 1 unspecified atom stereocenters. The molecule has 1 amide bonds. The number of nitrogens with one attached hydrogen (secondary N) is 1. The van der Waals surface area contributed by atoms with Gasteiger partial charge in [0.15, 0.2) is 0 Å². The van der Waals surface area contributed by atoms with Gasteiger partial charge in [-0.3, -0.25) is 9.69 Å². The third-order valence-electron chi connectivity index (χ3n) is 5.47. The normalized spacial score (nSPS) is 24.4. The van der Waals surface area contributed by atoms with E-state index in [1.165, 1.54) is 19.3 Å². The quantitative estimate of drug-likeness (QED) is 0.764. The van der Waals surface area contributed by atoms with E-state index in [0.717, 1.165) is 19.0 Å². The van der Waals surface area contributed by atoms with Crippen LogP contribution in [0, 0.1) is 5.92 Å². The van der Waals surface area contributed by atoms with Crippen molar-refractivity contribution in [3.63, 3.8) is 0 Å². The highest BCUT2D eigenvalue weighted by Crippen LogP contribution is 2.26. The lowest BCUT2D eigenvalue weighted by atomic mass is 9.89. The average molecular weight is 384 g/mol. The molecule has 2 rings (SSSR count). The Labute approximate surface area is 159 Å². The van der Waals surface area contributed by atoms with Gasteiger partial charge >= 0.3 is 0 Å². The Balaban J connectivity index is 0.00000264. The molecule has 24 heavy (non-hydrogen) atoms. The Bertz CT molecular complexity index is 388. The molecule has 3 N–H and O–H groups in total. The molecule has 1 atom stereocenters. The summed E-state index contributed by atoms with van der Waals surface area (Å²) in [6.07, 6.45) is 5.06. The van der Waals surface area contributed by atoms with E-state index in [4.69, 9.17) is 10.5 Å². The summed E-state index contributed by atoms with van der Waals surface area (Å²) in [4.78, 5) is 15.0. The Morgan fingerprint density at radius 3 is 2.54 bits per heavy atom. The first kappa shape index (κ1) is 23.9. The lowest BCUT2D eigenvalue weighted by molar-refractivity contribution is -0.130. The molecule has 2 aliphatic heterocycles. The van der Waals surface area contributed by atoms with Gasteiger partial charge in [-0.2, -0.15) is 0 Å². The van der Waals surface area contributed by atoms with E-state index in [1.54, 1.807) is 0 Å². The van der Waals surface area contributed by atoms with Crippen molar-refractivity contribution in [2.45, 2.75) is 64.0 Å². The van der Waals surface area contributed by atoms with Crippen LogP contribution in [0.25, 0.3) is 0 Å². The van der Waals surface area contributed by atoms with Crippen molar-refractivity contribution >= 4 is 30.7 Å². The Kier molecular flexibility index (Phi) is 10.1. The SMILES string of the molecule is CCC1CCCN(C(C)(C)CNC(=O)C2(N)CCOCC2)C1.Cl.Cl. The molecular weight excluding hydrogens is 349 g/mol. The minimum atomic E-state index is -0.748. The molecule has 0 spiro atoms. The zero-order valence-corrected chi connectivity index (χ0v) is 16.9. The number of rotatable bonds is 5. The second-order valence-corrected chi connectivity index (χ2v) is 7.63. The monoisotopic (exact) mass is 383 g/mol. The first-order valence-electron chi connectivity index (χ1n) is 8.77. The van der Waals surface area contributed by atoms with Gasteiger partial charge in [-0.1, -0.05) is 13.3 Å². The van der Waals surface area contributed by atoms with E-state index in [2.05, 4.69) is 31.0 Å². The van der Waals surface area contributed by atoms with Gasteiger partial charge in [-0.25, -0.2) is 0 Å². The van der Waals surface area contributed by atoms with E-state index < -0.39 is 5.54 Å². The second kappa shape index (κ2) is 10.2. The smallest absolute Gasteiger partial charge is 0.240 e. The van der Waals surface area contributed by atoms with Crippen LogP contribution in [0.3, 0.4) is 0 Å². The molecule has 5 nitrogen and oxygen atoms in total. The van der Waals surface area contributed by atoms with Crippen molar-refractivity contribution in [1.29, 1.82) is 0 Å². The molecule has 144 valence electrons. The van der Waals surface area contributed by atoms with Crippen molar-refractivity contribution in [3.05, 3.63) is 0 Å². The highest BCUT2D eigenvalue weighted by atomic mass is 35.5. The third-order valence-corrected chi connectivity index (χ3v) is 5.47. The van der Waals surface area contributed by atoms with Crippen molar-refractivity contribution in [2.24, 2.45) is 11.7 Å². The fourth-order valence-corrected chi connectivity index (χ4v) is 3.50. The van der Waals surface area contributed by atoms with Gasteiger partial charge in [-0.05, 0) is 52.0 Å². The van der Waals surface area contributed by atoms with Gasteiger partial charge in [0.05, 0.1) is 5.54 Å². The number of piperidine rings is 1. The van der Waals surface area contributed by atoms with Crippen LogP contribution in [-0.4, -0.2) is 54.7 Å². The standard InChI is InChI=1S/C17H33N3O2.2ClH/c1-4-14-6-5-9-20(12-14)16(2,3)13-19-15(21)17(18)7-10-22-11-8-17;;/h14H,4-13,18H2,1-3H3,(H,19,21);2*1H. The number of ether oxygens (including phenoxy) is 1. The Hall–Kier alpha value is -0.0700. The Morgan fingerprint density at radius 2 is 1.96 bits per heavy atom. The number of amides is 1. The lowest BCUT2D eigenvalue weighted by Crippen LogP contribution is -2.61. The molecule has 2 aliphatic rings. The zero-order chi connectivity index (χ0) is 16.2. The fourth-order valence-electron chi connectivity index (χ4n) is 3.50. The highest BCUT2D eigenvalue weighted by molar-refractivity contribution is 5.86. The summed E-state index contributed by atoms with van der Waals surface area (Å²) in [7, 11) is 0. The summed E-state index contributed by atoms with van der Waals surface area (Å²) < 4.78 is 5.31. The number of carbonyl (C=O) groups is 1. The zero-order valence-electron chi connectivity index (χ0n) is 15.3. The summed E-state index contributed by atoms with van der Waals surface area (Å²) in [5, 5.41) is 3.10. The molecular formula is C17H35Cl2N3O2. The topological polar surface area (TPSA) is 67.6 Å². The van der Waals surface area contributed by atoms with E-state index >= 15 is 0 Å².